The Hall–Kier alpha value is -3.82. The van der Waals surface area contributed by atoms with Crippen LogP contribution >= 0.6 is 0 Å². The lowest BCUT2D eigenvalue weighted by atomic mass is 10.1. The summed E-state index contributed by atoms with van der Waals surface area (Å²) in [6.45, 7) is 4.26. The summed E-state index contributed by atoms with van der Waals surface area (Å²) in [5.41, 5.74) is 9.76. The summed E-state index contributed by atoms with van der Waals surface area (Å²) in [7, 11) is 1.62. The van der Waals surface area contributed by atoms with Crippen molar-refractivity contribution in [3.63, 3.8) is 0 Å². The van der Waals surface area contributed by atoms with E-state index < -0.39 is 11.6 Å². The highest BCUT2D eigenvalue weighted by Crippen LogP contribution is 2.27. The second-order valence-corrected chi connectivity index (χ2v) is 6.78. The first-order chi connectivity index (χ1) is 14.4. The number of hydrogen-bond donors (Lipinski definition) is 2. The number of pyridine rings is 1. The normalized spacial score (nSPS) is 11.1. The van der Waals surface area contributed by atoms with E-state index in [4.69, 9.17) is 10.5 Å². The molecule has 0 saturated heterocycles. The fourth-order valence-electron chi connectivity index (χ4n) is 3.27. The zero-order valence-corrected chi connectivity index (χ0v) is 16.6. The number of nitrogens with zero attached hydrogens (tertiary/aromatic N) is 5. The van der Waals surface area contributed by atoms with Crippen LogP contribution in [0.4, 0.5) is 26.2 Å². The Kier molecular flexibility index (Phi) is 4.90. The van der Waals surface area contributed by atoms with Crippen LogP contribution in [0.3, 0.4) is 0 Å². The maximum Gasteiger partial charge on any atom is 0.224 e. The Labute approximate surface area is 170 Å². The van der Waals surface area contributed by atoms with Gasteiger partial charge in [0.25, 0.3) is 0 Å². The quantitative estimate of drug-likeness (QED) is 0.518. The summed E-state index contributed by atoms with van der Waals surface area (Å²) in [5, 5.41) is 2.92. The van der Waals surface area contributed by atoms with Crippen molar-refractivity contribution in [2.45, 2.75) is 20.4 Å². The van der Waals surface area contributed by atoms with Crippen LogP contribution in [0.25, 0.3) is 11.2 Å². The Bertz CT molecular complexity index is 1260. The van der Waals surface area contributed by atoms with E-state index in [0.29, 0.717) is 23.4 Å². The van der Waals surface area contributed by atoms with Crippen LogP contribution in [-0.2, 0) is 6.54 Å². The lowest BCUT2D eigenvalue weighted by molar-refractivity contribution is 0.406. The minimum Gasteiger partial charge on any atom is -0.496 e. The molecule has 0 spiro atoms. The first kappa shape index (κ1) is 19.5. The Balaban J connectivity index is 1.73. The standard InChI is InChI=1S/C20H19F2N7O/c1-10-7-24-15(11(2)17(10)30-3)8-29-9-25-16-18(27-20(23)28-19(16)29)26-12-4-5-13(21)14(22)6-12/h4-7,9H,8H2,1-3H3,(H3,23,26,27,28). The number of halogens is 2. The number of aryl methyl sites for hydroxylation is 1. The van der Waals surface area contributed by atoms with Crippen molar-refractivity contribution in [3.05, 3.63) is 59.2 Å². The number of nitrogens with one attached hydrogen (secondary N) is 1. The monoisotopic (exact) mass is 411 g/mol. The zero-order chi connectivity index (χ0) is 21.4. The number of nitrogens with two attached hydrogens (primary N) is 1. The molecule has 0 aliphatic heterocycles. The molecular formula is C20H19F2N7O. The van der Waals surface area contributed by atoms with Gasteiger partial charge in [0, 0.05) is 29.1 Å². The topological polar surface area (TPSA) is 104 Å². The molecule has 0 saturated carbocycles. The van der Waals surface area contributed by atoms with Crippen LogP contribution in [0.15, 0.2) is 30.7 Å². The van der Waals surface area contributed by atoms with Gasteiger partial charge in [0.05, 0.1) is 25.7 Å². The molecule has 0 amide bonds. The van der Waals surface area contributed by atoms with E-state index in [9.17, 15) is 8.78 Å². The number of fused-ring (bicyclic) bond motifs is 1. The van der Waals surface area contributed by atoms with Crippen molar-refractivity contribution in [3.8, 4) is 5.75 Å². The SMILES string of the molecule is COc1c(C)cnc(Cn2cnc3c(Nc4ccc(F)c(F)c4)nc(N)nc32)c1C. The van der Waals surface area contributed by atoms with Gasteiger partial charge in [-0.05, 0) is 26.0 Å². The molecule has 0 radical (unpaired) electrons. The summed E-state index contributed by atoms with van der Waals surface area (Å²) in [4.78, 5) is 17.3. The number of hydrogen-bond acceptors (Lipinski definition) is 7. The smallest absolute Gasteiger partial charge is 0.224 e. The molecule has 30 heavy (non-hydrogen) atoms. The van der Waals surface area contributed by atoms with Crippen LogP contribution in [0.5, 0.6) is 5.75 Å². The molecule has 8 nitrogen and oxygen atoms in total. The van der Waals surface area contributed by atoms with E-state index in [1.165, 1.54) is 6.07 Å². The second-order valence-electron chi connectivity index (χ2n) is 6.78. The molecule has 3 N–H and O–H groups in total. The molecule has 0 atom stereocenters. The highest BCUT2D eigenvalue weighted by molar-refractivity contribution is 5.86. The van der Waals surface area contributed by atoms with Crippen LogP contribution in [0, 0.1) is 25.5 Å². The van der Waals surface area contributed by atoms with E-state index in [1.807, 2.05) is 13.8 Å². The van der Waals surface area contributed by atoms with Gasteiger partial charge in [-0.1, -0.05) is 0 Å². The van der Waals surface area contributed by atoms with Crippen LogP contribution < -0.4 is 15.8 Å². The molecular weight excluding hydrogens is 392 g/mol. The van der Waals surface area contributed by atoms with Gasteiger partial charge >= 0.3 is 0 Å². The van der Waals surface area contributed by atoms with E-state index in [1.54, 1.807) is 24.2 Å². The number of imidazole rings is 1. The van der Waals surface area contributed by atoms with E-state index in [0.717, 1.165) is 34.7 Å². The number of nitrogen functional groups attached to an aromatic ring is 1. The number of methoxy groups -OCH3 is 1. The third kappa shape index (κ3) is 3.47. The van der Waals surface area contributed by atoms with Gasteiger partial charge in [0.2, 0.25) is 5.95 Å². The predicted octanol–water partition coefficient (Wildman–Crippen LogP) is 3.50. The summed E-state index contributed by atoms with van der Waals surface area (Å²) >= 11 is 0. The van der Waals surface area contributed by atoms with Crippen LogP contribution in [0.2, 0.25) is 0 Å². The van der Waals surface area contributed by atoms with Gasteiger partial charge in [0.1, 0.15) is 5.75 Å². The maximum absolute atomic E-state index is 13.5. The summed E-state index contributed by atoms with van der Waals surface area (Å²) in [6.07, 6.45) is 3.35. The van der Waals surface area contributed by atoms with E-state index in [-0.39, 0.29) is 11.8 Å². The van der Waals surface area contributed by atoms with Crippen molar-refractivity contribution >= 4 is 28.6 Å². The molecule has 10 heteroatoms. The zero-order valence-electron chi connectivity index (χ0n) is 16.6. The Morgan fingerprint density at radius 1 is 1.13 bits per heavy atom. The number of rotatable bonds is 5. The van der Waals surface area contributed by atoms with E-state index in [2.05, 4.69) is 25.3 Å². The lowest BCUT2D eigenvalue weighted by Gasteiger charge is -2.13. The summed E-state index contributed by atoms with van der Waals surface area (Å²) in [5.74, 6) is -0.833. The molecule has 3 aromatic heterocycles. The third-order valence-corrected chi connectivity index (χ3v) is 4.73. The van der Waals surface area contributed by atoms with Crippen molar-refractivity contribution < 1.29 is 13.5 Å². The van der Waals surface area contributed by atoms with Gasteiger partial charge in [-0.2, -0.15) is 9.97 Å². The minimum absolute atomic E-state index is 0.0144. The Morgan fingerprint density at radius 2 is 1.93 bits per heavy atom. The maximum atomic E-state index is 13.5. The minimum atomic E-state index is -0.973. The number of benzene rings is 1. The number of anilines is 3. The van der Waals surface area contributed by atoms with Crippen molar-refractivity contribution in [2.75, 3.05) is 18.2 Å². The highest BCUT2D eigenvalue weighted by atomic mass is 19.2. The van der Waals surface area contributed by atoms with Crippen LogP contribution in [0.1, 0.15) is 16.8 Å². The summed E-state index contributed by atoms with van der Waals surface area (Å²) < 4.78 is 34.0. The first-order valence-electron chi connectivity index (χ1n) is 9.07. The Morgan fingerprint density at radius 3 is 2.67 bits per heavy atom. The third-order valence-electron chi connectivity index (χ3n) is 4.73. The molecule has 154 valence electrons. The molecule has 0 unspecified atom stereocenters. The number of aromatic nitrogens is 5. The molecule has 4 rings (SSSR count). The van der Waals surface area contributed by atoms with Crippen molar-refractivity contribution in [1.29, 1.82) is 0 Å². The van der Waals surface area contributed by atoms with Gasteiger partial charge in [-0.3, -0.25) is 4.98 Å². The van der Waals surface area contributed by atoms with Crippen molar-refractivity contribution in [1.82, 2.24) is 24.5 Å². The number of ether oxygens (including phenoxy) is 1. The second kappa shape index (κ2) is 7.54. The molecule has 4 aromatic rings. The summed E-state index contributed by atoms with van der Waals surface area (Å²) in [6, 6.07) is 3.45. The largest absolute Gasteiger partial charge is 0.496 e. The van der Waals surface area contributed by atoms with Gasteiger partial charge in [0.15, 0.2) is 28.6 Å². The molecule has 3 heterocycles. The molecule has 1 aromatic carbocycles. The molecule has 0 aliphatic rings. The molecule has 0 bridgehead atoms. The first-order valence-corrected chi connectivity index (χ1v) is 9.07. The average Bonchev–Trinajstić information content (AvgIpc) is 3.10. The molecule has 0 aliphatic carbocycles. The van der Waals surface area contributed by atoms with Gasteiger partial charge < -0.3 is 20.4 Å². The van der Waals surface area contributed by atoms with Crippen LogP contribution in [-0.4, -0.2) is 31.6 Å². The van der Waals surface area contributed by atoms with Crippen molar-refractivity contribution in [2.24, 2.45) is 0 Å². The van der Waals surface area contributed by atoms with Gasteiger partial charge in [-0.15, -0.1) is 0 Å². The average molecular weight is 411 g/mol. The predicted molar refractivity (Wildman–Crippen MR) is 109 cm³/mol. The van der Waals surface area contributed by atoms with E-state index >= 15 is 0 Å². The molecule has 0 fully saturated rings. The highest BCUT2D eigenvalue weighted by Gasteiger charge is 2.16. The lowest BCUT2D eigenvalue weighted by Crippen LogP contribution is -2.07. The fourth-order valence-corrected chi connectivity index (χ4v) is 3.27. The van der Waals surface area contributed by atoms with Gasteiger partial charge in [-0.25, -0.2) is 13.8 Å². The fraction of sp³-hybridized carbons (Fsp3) is 0.200.